The van der Waals surface area contributed by atoms with Crippen LogP contribution in [0.2, 0.25) is 0 Å². The van der Waals surface area contributed by atoms with Gasteiger partial charge < -0.3 is 10.0 Å². The van der Waals surface area contributed by atoms with Gasteiger partial charge in [-0.25, -0.2) is 10.9 Å². The van der Waals surface area contributed by atoms with Gasteiger partial charge in [0, 0.05) is 37.6 Å². The van der Waals surface area contributed by atoms with Crippen LogP contribution < -0.4 is 16.4 Å². The summed E-state index contributed by atoms with van der Waals surface area (Å²) in [6.45, 7) is 1.75. The molecule has 2 saturated heterocycles. The summed E-state index contributed by atoms with van der Waals surface area (Å²) in [7, 11) is 0. The van der Waals surface area contributed by atoms with E-state index in [1.165, 1.54) is 5.56 Å². The maximum atomic E-state index is 13.0. The van der Waals surface area contributed by atoms with Crippen LogP contribution in [0.4, 0.5) is 0 Å². The number of nitrogens with one attached hydrogen (secondary N) is 3. The molecule has 8 heteroatoms. The van der Waals surface area contributed by atoms with E-state index in [2.05, 4.69) is 21.4 Å². The van der Waals surface area contributed by atoms with Gasteiger partial charge in [0.15, 0.2) is 0 Å². The number of fused-ring (bicyclic) bond motifs is 1. The lowest BCUT2D eigenvalue weighted by Gasteiger charge is -2.22. The van der Waals surface area contributed by atoms with Crippen LogP contribution in [0.15, 0.2) is 12.3 Å². The van der Waals surface area contributed by atoms with Crippen molar-refractivity contribution in [2.24, 2.45) is 11.8 Å². The van der Waals surface area contributed by atoms with Crippen molar-refractivity contribution in [3.05, 3.63) is 29.1 Å². The van der Waals surface area contributed by atoms with Crippen molar-refractivity contribution in [1.82, 2.24) is 26.3 Å². The molecule has 2 fully saturated rings. The number of aromatic nitrogens is 1. The van der Waals surface area contributed by atoms with Crippen LogP contribution >= 0.6 is 0 Å². The van der Waals surface area contributed by atoms with Gasteiger partial charge in [-0.05, 0) is 49.1 Å². The highest BCUT2D eigenvalue weighted by Crippen LogP contribution is 2.31. The molecule has 0 bridgehead atoms. The molecule has 1 unspecified atom stereocenters. The third-order valence-corrected chi connectivity index (χ3v) is 5.82. The minimum absolute atomic E-state index is 0.0392. The zero-order valence-electron chi connectivity index (χ0n) is 14.7. The van der Waals surface area contributed by atoms with Crippen molar-refractivity contribution in [2.45, 2.75) is 38.1 Å². The first-order valence-corrected chi connectivity index (χ1v) is 9.34. The Kier molecular flexibility index (Phi) is 4.88. The Morgan fingerprint density at radius 2 is 2.12 bits per heavy atom. The van der Waals surface area contributed by atoms with E-state index in [0.29, 0.717) is 25.2 Å². The summed E-state index contributed by atoms with van der Waals surface area (Å²) in [5.74, 6) is -0.810. The van der Waals surface area contributed by atoms with E-state index in [1.54, 1.807) is 11.1 Å². The van der Waals surface area contributed by atoms with Crippen molar-refractivity contribution >= 4 is 11.9 Å². The number of aryl methyl sites for hydroxylation is 2. The second-order valence-electron chi connectivity index (χ2n) is 7.53. The van der Waals surface area contributed by atoms with Gasteiger partial charge in [-0.3, -0.25) is 14.6 Å². The predicted octanol–water partition coefficient (Wildman–Crippen LogP) is 0.104. The number of carboxylic acids is 1. The van der Waals surface area contributed by atoms with E-state index in [1.807, 2.05) is 6.07 Å². The summed E-state index contributed by atoms with van der Waals surface area (Å²) >= 11 is 0. The average molecular weight is 359 g/mol. The summed E-state index contributed by atoms with van der Waals surface area (Å²) in [5, 5.41) is 9.24. The summed E-state index contributed by atoms with van der Waals surface area (Å²) in [6, 6.07) is 2.10. The summed E-state index contributed by atoms with van der Waals surface area (Å²) in [5.41, 5.74) is 11.9. The molecule has 0 radical (unpaired) electrons. The molecule has 1 aromatic rings. The number of rotatable bonds is 4. The highest BCUT2D eigenvalue weighted by atomic mass is 16.4. The van der Waals surface area contributed by atoms with Gasteiger partial charge in [-0.2, -0.15) is 5.53 Å². The number of carbonyl (C=O) groups is 2. The summed E-state index contributed by atoms with van der Waals surface area (Å²) in [6.07, 6.45) is 6.04. The van der Waals surface area contributed by atoms with E-state index in [-0.39, 0.29) is 30.2 Å². The Balaban J connectivity index is 1.51. The quantitative estimate of drug-likeness (QED) is 0.604. The number of hydrogen-bond donors (Lipinski definition) is 4. The molecule has 1 aromatic heterocycles. The highest BCUT2D eigenvalue weighted by molar-refractivity contribution is 5.94. The second-order valence-corrected chi connectivity index (χ2v) is 7.53. The van der Waals surface area contributed by atoms with Gasteiger partial charge in [0.2, 0.25) is 0 Å². The second kappa shape index (κ2) is 7.30. The maximum Gasteiger partial charge on any atom is 0.303 e. The zero-order chi connectivity index (χ0) is 18.1. The molecule has 3 aliphatic rings. The van der Waals surface area contributed by atoms with Gasteiger partial charge >= 0.3 is 5.97 Å². The smallest absolute Gasteiger partial charge is 0.303 e. The molecule has 8 nitrogen and oxygen atoms in total. The van der Waals surface area contributed by atoms with Crippen LogP contribution in [-0.4, -0.2) is 52.5 Å². The van der Waals surface area contributed by atoms with E-state index < -0.39 is 5.97 Å². The van der Waals surface area contributed by atoms with E-state index in [0.717, 1.165) is 31.4 Å². The number of pyridine rings is 1. The molecule has 3 atom stereocenters. The Labute approximate surface area is 152 Å². The first-order chi connectivity index (χ1) is 12.6. The van der Waals surface area contributed by atoms with Crippen molar-refractivity contribution in [2.75, 3.05) is 19.6 Å². The largest absolute Gasteiger partial charge is 0.481 e. The fraction of sp³-hybridized carbons (Fsp3) is 0.611. The third kappa shape index (κ3) is 3.44. The Bertz CT molecular complexity index is 704. The molecule has 2 aliphatic heterocycles. The van der Waals surface area contributed by atoms with Gasteiger partial charge in [-0.15, -0.1) is 0 Å². The molecule has 4 rings (SSSR count). The molecule has 26 heavy (non-hydrogen) atoms. The van der Waals surface area contributed by atoms with Crippen LogP contribution in [-0.2, 0) is 17.6 Å². The highest BCUT2D eigenvalue weighted by Gasteiger charge is 2.41. The van der Waals surface area contributed by atoms with E-state index in [4.69, 9.17) is 0 Å². The minimum atomic E-state index is -0.816. The molecule has 4 N–H and O–H groups in total. The van der Waals surface area contributed by atoms with Crippen LogP contribution in [0.1, 0.15) is 40.9 Å². The lowest BCUT2D eigenvalue weighted by molar-refractivity contribution is -0.138. The Morgan fingerprint density at radius 3 is 2.88 bits per heavy atom. The predicted molar refractivity (Wildman–Crippen MR) is 94.1 cm³/mol. The standard InChI is InChI=1S/C18H25N5O3/c24-17(25)6-13-9-23(10-14(13)16-8-20-22-21-16)18(26)12-5-11-3-1-2-4-15(11)19-7-12/h5,7,13-14,16,20-22H,1-4,6,8-10H2,(H,24,25)/t13-,14+,16?/m1/s1. The van der Waals surface area contributed by atoms with Gasteiger partial charge in [-0.1, -0.05) is 0 Å². The average Bonchev–Trinajstić information content (AvgIpc) is 3.30. The lowest BCUT2D eigenvalue weighted by atomic mass is 9.87. The molecule has 0 aromatic carbocycles. The fourth-order valence-electron chi connectivity index (χ4n) is 4.46. The minimum Gasteiger partial charge on any atom is -0.481 e. The van der Waals surface area contributed by atoms with E-state index >= 15 is 0 Å². The molecule has 1 aliphatic carbocycles. The number of hydrazine groups is 2. The molecular weight excluding hydrogens is 334 g/mol. The van der Waals surface area contributed by atoms with Crippen LogP contribution in [0, 0.1) is 11.8 Å². The number of hydrogen-bond acceptors (Lipinski definition) is 6. The summed E-state index contributed by atoms with van der Waals surface area (Å²) in [4.78, 5) is 30.6. The van der Waals surface area contributed by atoms with E-state index in [9.17, 15) is 14.7 Å². The number of likely N-dealkylation sites (tertiary alicyclic amines) is 1. The van der Waals surface area contributed by atoms with Crippen LogP contribution in [0.5, 0.6) is 0 Å². The number of aliphatic carboxylic acids is 1. The monoisotopic (exact) mass is 359 g/mol. The number of nitrogens with zero attached hydrogens (tertiary/aromatic N) is 2. The maximum absolute atomic E-state index is 13.0. The molecule has 0 saturated carbocycles. The van der Waals surface area contributed by atoms with Crippen molar-refractivity contribution in [3.8, 4) is 0 Å². The molecule has 140 valence electrons. The number of carboxylic acid groups (broad SMARTS) is 1. The van der Waals surface area contributed by atoms with Crippen molar-refractivity contribution in [3.63, 3.8) is 0 Å². The van der Waals surface area contributed by atoms with Crippen molar-refractivity contribution < 1.29 is 14.7 Å². The molecule has 0 spiro atoms. The number of carbonyl (C=O) groups excluding carboxylic acids is 1. The number of amides is 1. The zero-order valence-corrected chi connectivity index (χ0v) is 14.7. The van der Waals surface area contributed by atoms with Crippen LogP contribution in [0.3, 0.4) is 0 Å². The Hall–Kier alpha value is -2.03. The fourth-order valence-corrected chi connectivity index (χ4v) is 4.46. The summed E-state index contributed by atoms with van der Waals surface area (Å²) < 4.78 is 0. The SMILES string of the molecule is O=C(O)C[C@@H]1CN(C(=O)c2cnc3c(c2)CCCC3)C[C@@H]1C1CNNN1. The molecule has 1 amide bonds. The van der Waals surface area contributed by atoms with Crippen molar-refractivity contribution in [1.29, 1.82) is 0 Å². The third-order valence-electron chi connectivity index (χ3n) is 5.82. The normalized spacial score (nSPS) is 28.2. The lowest BCUT2D eigenvalue weighted by Crippen LogP contribution is -2.41. The Morgan fingerprint density at radius 1 is 1.27 bits per heavy atom. The van der Waals surface area contributed by atoms with Gasteiger partial charge in [0.1, 0.15) is 0 Å². The van der Waals surface area contributed by atoms with Gasteiger partial charge in [0.05, 0.1) is 12.0 Å². The first-order valence-electron chi connectivity index (χ1n) is 9.34. The topological polar surface area (TPSA) is 107 Å². The van der Waals surface area contributed by atoms with Gasteiger partial charge in [0.25, 0.3) is 5.91 Å². The first kappa shape index (κ1) is 17.4. The molecular formula is C18H25N5O3. The molecule has 3 heterocycles. The van der Waals surface area contributed by atoms with Crippen LogP contribution in [0.25, 0.3) is 0 Å².